The third-order valence-electron chi connectivity index (χ3n) is 4.40. The van der Waals surface area contributed by atoms with Gasteiger partial charge in [0.2, 0.25) is 0 Å². The third-order valence-corrected chi connectivity index (χ3v) is 5.84. The van der Waals surface area contributed by atoms with Gasteiger partial charge in [-0.1, -0.05) is 50.2 Å². The molecular weight excluding hydrogens is 354 g/mol. The maximum Gasteiger partial charge on any atom is 0.266 e. The molecule has 4 nitrogen and oxygen atoms in total. The molecule has 1 amide bonds. The van der Waals surface area contributed by atoms with Gasteiger partial charge in [-0.15, -0.1) is 11.3 Å². The van der Waals surface area contributed by atoms with Crippen LogP contribution >= 0.6 is 11.3 Å². The largest absolute Gasteiger partial charge is 0.333 e. The Labute approximate surface area is 164 Å². The van der Waals surface area contributed by atoms with Crippen LogP contribution in [0.1, 0.15) is 51.3 Å². The molecule has 0 atom stereocenters. The zero-order valence-electron chi connectivity index (χ0n) is 16.1. The van der Waals surface area contributed by atoms with Gasteiger partial charge >= 0.3 is 0 Å². The number of hydrogen-bond donors (Lipinski definition) is 0. The van der Waals surface area contributed by atoms with E-state index in [4.69, 9.17) is 0 Å². The molecule has 0 saturated heterocycles. The molecule has 2 aromatic heterocycles. The number of carbonyl (C=O) groups is 1. The van der Waals surface area contributed by atoms with Crippen molar-refractivity contribution in [2.24, 2.45) is 0 Å². The minimum atomic E-state index is 0.0525. The van der Waals surface area contributed by atoms with Gasteiger partial charge in [0.15, 0.2) is 0 Å². The predicted molar refractivity (Wildman–Crippen MR) is 110 cm³/mol. The summed E-state index contributed by atoms with van der Waals surface area (Å²) in [5.74, 6) is 0.378. The van der Waals surface area contributed by atoms with Crippen LogP contribution in [0.4, 0.5) is 0 Å². The summed E-state index contributed by atoms with van der Waals surface area (Å²) in [5.41, 5.74) is 3.08. The van der Waals surface area contributed by atoms with E-state index in [-0.39, 0.29) is 5.91 Å². The fourth-order valence-electron chi connectivity index (χ4n) is 2.88. The Hall–Kier alpha value is -2.53. The molecule has 140 valence electrons. The van der Waals surface area contributed by atoms with Gasteiger partial charge in [0.05, 0.1) is 10.7 Å². The molecule has 0 N–H and O–H groups in total. The Kier molecular flexibility index (Phi) is 6.35. The van der Waals surface area contributed by atoms with Crippen LogP contribution in [0.5, 0.6) is 0 Å². The first-order valence-electron chi connectivity index (χ1n) is 9.24. The second-order valence-corrected chi connectivity index (χ2v) is 7.98. The molecule has 0 aliphatic carbocycles. The molecule has 0 spiro atoms. The SMILES string of the molecule is Cc1nc(C(C)C)sc1C(=O)N(CCc1ccccc1)Cc1cccnc1. The maximum absolute atomic E-state index is 13.3. The molecule has 3 aromatic rings. The number of aryl methyl sites for hydroxylation is 1. The summed E-state index contributed by atoms with van der Waals surface area (Å²) in [6, 6.07) is 14.2. The average Bonchev–Trinajstić information content (AvgIpc) is 3.08. The van der Waals surface area contributed by atoms with Crippen molar-refractivity contribution in [1.29, 1.82) is 0 Å². The van der Waals surface area contributed by atoms with Crippen LogP contribution in [0, 0.1) is 6.92 Å². The van der Waals surface area contributed by atoms with Crippen molar-refractivity contribution in [3.8, 4) is 0 Å². The molecule has 1 aromatic carbocycles. The highest BCUT2D eigenvalue weighted by Crippen LogP contribution is 2.26. The van der Waals surface area contributed by atoms with E-state index in [0.717, 1.165) is 27.6 Å². The van der Waals surface area contributed by atoms with Gasteiger partial charge in [0.25, 0.3) is 5.91 Å². The van der Waals surface area contributed by atoms with Crippen LogP contribution in [0.2, 0.25) is 0 Å². The highest BCUT2D eigenvalue weighted by Gasteiger charge is 2.22. The number of hydrogen-bond acceptors (Lipinski definition) is 4. The highest BCUT2D eigenvalue weighted by atomic mass is 32.1. The molecule has 0 unspecified atom stereocenters. The topological polar surface area (TPSA) is 46.1 Å². The fourth-order valence-corrected chi connectivity index (χ4v) is 3.92. The Morgan fingerprint density at radius 3 is 2.48 bits per heavy atom. The number of nitrogens with zero attached hydrogens (tertiary/aromatic N) is 3. The Balaban J connectivity index is 1.82. The van der Waals surface area contributed by atoms with Crippen molar-refractivity contribution >= 4 is 17.2 Å². The van der Waals surface area contributed by atoms with Crippen LogP contribution < -0.4 is 0 Å². The van der Waals surface area contributed by atoms with Gasteiger partial charge < -0.3 is 4.90 Å². The van der Waals surface area contributed by atoms with E-state index in [9.17, 15) is 4.79 Å². The number of rotatable bonds is 7. The van der Waals surface area contributed by atoms with Gasteiger partial charge in [-0.25, -0.2) is 4.98 Å². The zero-order valence-corrected chi connectivity index (χ0v) is 16.9. The summed E-state index contributed by atoms with van der Waals surface area (Å²) in [4.78, 5) is 24.7. The first-order chi connectivity index (χ1) is 13.0. The highest BCUT2D eigenvalue weighted by molar-refractivity contribution is 7.13. The first kappa shape index (κ1) is 19.2. The van der Waals surface area contributed by atoms with Crippen molar-refractivity contribution in [3.05, 3.63) is 81.6 Å². The smallest absolute Gasteiger partial charge is 0.266 e. The molecule has 0 radical (unpaired) electrons. The number of pyridine rings is 1. The molecule has 27 heavy (non-hydrogen) atoms. The third kappa shape index (κ3) is 5.01. The van der Waals surface area contributed by atoms with Crippen molar-refractivity contribution < 1.29 is 4.79 Å². The van der Waals surface area contributed by atoms with Crippen LogP contribution in [-0.2, 0) is 13.0 Å². The Bertz CT molecular complexity index is 875. The Morgan fingerprint density at radius 1 is 1.11 bits per heavy atom. The van der Waals surface area contributed by atoms with E-state index in [1.807, 2.05) is 48.4 Å². The van der Waals surface area contributed by atoms with E-state index < -0.39 is 0 Å². The minimum Gasteiger partial charge on any atom is -0.333 e. The van der Waals surface area contributed by atoms with Crippen LogP contribution in [0.3, 0.4) is 0 Å². The molecule has 0 aliphatic heterocycles. The van der Waals surface area contributed by atoms with Crippen LogP contribution in [0.15, 0.2) is 54.9 Å². The molecule has 5 heteroatoms. The van der Waals surface area contributed by atoms with E-state index in [2.05, 4.69) is 35.9 Å². The van der Waals surface area contributed by atoms with E-state index in [1.165, 1.54) is 16.9 Å². The van der Waals surface area contributed by atoms with Gasteiger partial charge in [-0.2, -0.15) is 0 Å². The Morgan fingerprint density at radius 2 is 1.85 bits per heavy atom. The average molecular weight is 380 g/mol. The number of carbonyl (C=O) groups excluding carboxylic acids is 1. The van der Waals surface area contributed by atoms with Gasteiger partial charge in [0.1, 0.15) is 4.88 Å². The number of benzene rings is 1. The molecule has 0 bridgehead atoms. The summed E-state index contributed by atoms with van der Waals surface area (Å²) in [7, 11) is 0. The van der Waals surface area contributed by atoms with Crippen molar-refractivity contribution in [1.82, 2.24) is 14.9 Å². The van der Waals surface area contributed by atoms with Crippen LogP contribution in [0.25, 0.3) is 0 Å². The minimum absolute atomic E-state index is 0.0525. The number of amides is 1. The summed E-state index contributed by atoms with van der Waals surface area (Å²) < 4.78 is 0. The fraction of sp³-hybridized carbons (Fsp3) is 0.318. The lowest BCUT2D eigenvalue weighted by atomic mass is 10.1. The van der Waals surface area contributed by atoms with E-state index in [0.29, 0.717) is 19.0 Å². The quantitative estimate of drug-likeness (QED) is 0.589. The van der Waals surface area contributed by atoms with E-state index in [1.54, 1.807) is 6.20 Å². The number of thiazole rings is 1. The zero-order chi connectivity index (χ0) is 19.2. The molecular formula is C22H25N3OS. The standard InChI is InChI=1S/C22H25N3OS/c1-16(2)21-24-17(3)20(27-21)22(26)25(15-19-10-7-12-23-14-19)13-11-18-8-5-4-6-9-18/h4-10,12,14,16H,11,13,15H2,1-3H3. The molecule has 3 rings (SSSR count). The summed E-state index contributed by atoms with van der Waals surface area (Å²) >= 11 is 1.52. The molecule has 2 heterocycles. The van der Waals surface area contributed by atoms with Crippen molar-refractivity contribution in [3.63, 3.8) is 0 Å². The number of aromatic nitrogens is 2. The van der Waals surface area contributed by atoms with Crippen LogP contribution in [-0.4, -0.2) is 27.3 Å². The first-order valence-corrected chi connectivity index (χ1v) is 10.1. The lowest BCUT2D eigenvalue weighted by Crippen LogP contribution is -2.32. The summed E-state index contributed by atoms with van der Waals surface area (Å²) in [6.45, 7) is 7.35. The second kappa shape index (κ2) is 8.91. The molecule has 0 aliphatic rings. The molecule has 0 fully saturated rings. The lowest BCUT2D eigenvalue weighted by molar-refractivity contribution is 0.0749. The van der Waals surface area contributed by atoms with Gasteiger partial charge in [0, 0.05) is 31.4 Å². The second-order valence-electron chi connectivity index (χ2n) is 6.94. The summed E-state index contributed by atoms with van der Waals surface area (Å²) in [5, 5.41) is 1.01. The maximum atomic E-state index is 13.3. The lowest BCUT2D eigenvalue weighted by Gasteiger charge is -2.22. The monoisotopic (exact) mass is 379 g/mol. The van der Waals surface area contributed by atoms with Crippen molar-refractivity contribution in [2.45, 2.75) is 39.7 Å². The predicted octanol–water partition coefficient (Wildman–Crippen LogP) is 4.86. The van der Waals surface area contributed by atoms with Crippen molar-refractivity contribution in [2.75, 3.05) is 6.54 Å². The van der Waals surface area contributed by atoms with E-state index >= 15 is 0 Å². The summed E-state index contributed by atoms with van der Waals surface area (Å²) in [6.07, 6.45) is 4.39. The normalized spacial score (nSPS) is 11.0. The molecule has 0 saturated carbocycles. The van der Waals surface area contributed by atoms with Gasteiger partial charge in [-0.3, -0.25) is 9.78 Å². The van der Waals surface area contributed by atoms with Gasteiger partial charge in [-0.05, 0) is 30.5 Å².